The molecule has 3 aromatic heterocycles. The van der Waals surface area contributed by atoms with Crippen molar-refractivity contribution in [3.63, 3.8) is 0 Å². The van der Waals surface area contributed by atoms with Crippen LogP contribution in [0, 0.1) is 0 Å². The minimum absolute atomic E-state index is 0.0474. The van der Waals surface area contributed by atoms with Gasteiger partial charge in [0.1, 0.15) is 11.6 Å². The van der Waals surface area contributed by atoms with Crippen LogP contribution in [0.1, 0.15) is 18.4 Å². The molecule has 0 aliphatic heterocycles. The van der Waals surface area contributed by atoms with Crippen LogP contribution in [0.2, 0.25) is 0 Å². The number of nitrogens with zero attached hydrogens (tertiary/aromatic N) is 4. The third kappa shape index (κ3) is 6.51. The van der Waals surface area contributed by atoms with Gasteiger partial charge in [0.15, 0.2) is 5.13 Å². The number of aliphatic carboxylic acids is 1. The van der Waals surface area contributed by atoms with Gasteiger partial charge >= 0.3 is 12.1 Å². The fourth-order valence-electron chi connectivity index (χ4n) is 2.73. The molecule has 32 heavy (non-hydrogen) atoms. The lowest BCUT2D eigenvalue weighted by Gasteiger charge is -2.14. The quantitative estimate of drug-likeness (QED) is 0.332. The predicted molar refractivity (Wildman–Crippen MR) is 117 cm³/mol. The number of carboxylic acid groups (broad SMARTS) is 1. The molecule has 3 aromatic rings. The van der Waals surface area contributed by atoms with E-state index in [0.717, 1.165) is 40.8 Å². The summed E-state index contributed by atoms with van der Waals surface area (Å²) in [5, 5.41) is 12.2. The highest BCUT2D eigenvalue weighted by atomic mass is 32.1. The van der Waals surface area contributed by atoms with Crippen LogP contribution >= 0.6 is 11.3 Å². The number of unbranched alkanes of at least 4 members (excludes halogenated alkanes) is 1. The third-order valence-corrected chi connectivity index (χ3v) is 5.42. The fourth-order valence-corrected chi connectivity index (χ4v) is 3.61. The van der Waals surface area contributed by atoms with E-state index in [1.807, 2.05) is 11.9 Å². The Balaban J connectivity index is 1.66. The molecule has 0 atom stereocenters. The number of hydrogen-bond acceptors (Lipinski definition) is 7. The van der Waals surface area contributed by atoms with Gasteiger partial charge in [0, 0.05) is 32.1 Å². The van der Waals surface area contributed by atoms with Crippen molar-refractivity contribution in [1.29, 1.82) is 0 Å². The maximum absolute atomic E-state index is 12.9. The standard InChI is InChI=1S/C21H20F3N5O2S/c1-29(11-4-2-3-8-19(30)31)20-26-13-16(32-20)15-6-5-7-17(27-15)28-18-12-14(9-10-25-18)21(22,23)24/h3,5-10,12-13H,2,4,11H2,1H3,(H,30,31)(H,25,27,28)/b8-3+. The van der Waals surface area contributed by atoms with Gasteiger partial charge < -0.3 is 15.3 Å². The van der Waals surface area contributed by atoms with Crippen molar-refractivity contribution in [2.24, 2.45) is 0 Å². The molecule has 168 valence electrons. The van der Waals surface area contributed by atoms with Crippen LogP contribution in [-0.2, 0) is 11.0 Å². The van der Waals surface area contributed by atoms with Crippen molar-refractivity contribution in [2.45, 2.75) is 19.0 Å². The number of aromatic nitrogens is 3. The largest absolute Gasteiger partial charge is 0.478 e. The van der Waals surface area contributed by atoms with Crippen molar-refractivity contribution in [2.75, 3.05) is 23.8 Å². The highest BCUT2D eigenvalue weighted by molar-refractivity contribution is 7.18. The Morgan fingerprint density at radius 1 is 1.25 bits per heavy atom. The van der Waals surface area contributed by atoms with E-state index < -0.39 is 17.7 Å². The summed E-state index contributed by atoms with van der Waals surface area (Å²) < 4.78 is 38.7. The lowest BCUT2D eigenvalue weighted by atomic mass is 10.2. The molecular weight excluding hydrogens is 443 g/mol. The second kappa shape index (κ2) is 10.2. The van der Waals surface area contributed by atoms with E-state index in [9.17, 15) is 18.0 Å². The average molecular weight is 463 g/mol. The van der Waals surface area contributed by atoms with Crippen LogP contribution in [0.4, 0.5) is 29.9 Å². The second-order valence-corrected chi connectivity index (χ2v) is 7.78. The van der Waals surface area contributed by atoms with Gasteiger partial charge in [0.25, 0.3) is 0 Å². The molecule has 0 saturated carbocycles. The molecule has 0 aromatic carbocycles. The first-order chi connectivity index (χ1) is 15.2. The van der Waals surface area contributed by atoms with Gasteiger partial charge in [-0.2, -0.15) is 13.2 Å². The predicted octanol–water partition coefficient (Wildman–Crippen LogP) is 5.22. The number of hydrogen-bond donors (Lipinski definition) is 2. The van der Waals surface area contributed by atoms with Gasteiger partial charge in [-0.25, -0.2) is 19.7 Å². The van der Waals surface area contributed by atoms with Gasteiger partial charge in [-0.05, 0) is 37.1 Å². The van der Waals surface area contributed by atoms with E-state index in [1.54, 1.807) is 30.5 Å². The fraction of sp³-hybridized carbons (Fsp3) is 0.238. The van der Waals surface area contributed by atoms with Crippen molar-refractivity contribution >= 4 is 34.1 Å². The average Bonchev–Trinajstić information content (AvgIpc) is 3.23. The number of nitrogens with one attached hydrogen (secondary N) is 1. The Morgan fingerprint density at radius 2 is 2.06 bits per heavy atom. The van der Waals surface area contributed by atoms with Crippen LogP contribution in [0.5, 0.6) is 0 Å². The first kappa shape index (κ1) is 23.2. The Morgan fingerprint density at radius 3 is 2.81 bits per heavy atom. The molecule has 11 heteroatoms. The molecule has 7 nitrogen and oxygen atoms in total. The van der Waals surface area contributed by atoms with Crippen molar-refractivity contribution in [3.8, 4) is 10.6 Å². The molecule has 0 radical (unpaired) electrons. The zero-order valence-corrected chi connectivity index (χ0v) is 17.8. The molecule has 2 N–H and O–H groups in total. The number of anilines is 3. The Bertz CT molecular complexity index is 1100. The van der Waals surface area contributed by atoms with Crippen LogP contribution in [0.25, 0.3) is 10.6 Å². The summed E-state index contributed by atoms with van der Waals surface area (Å²) >= 11 is 1.43. The first-order valence-electron chi connectivity index (χ1n) is 9.56. The number of allylic oxidation sites excluding steroid dienone is 1. The minimum atomic E-state index is -4.45. The number of pyridine rings is 2. The normalized spacial score (nSPS) is 11.6. The zero-order valence-electron chi connectivity index (χ0n) is 17.0. The van der Waals surface area contributed by atoms with Gasteiger partial charge in [0.05, 0.1) is 16.1 Å². The highest BCUT2D eigenvalue weighted by Crippen LogP contribution is 2.32. The zero-order chi connectivity index (χ0) is 23.1. The van der Waals surface area contributed by atoms with E-state index >= 15 is 0 Å². The van der Waals surface area contributed by atoms with Crippen LogP contribution in [-0.4, -0.2) is 39.6 Å². The van der Waals surface area contributed by atoms with Crippen molar-refractivity contribution < 1.29 is 23.1 Å². The first-order valence-corrected chi connectivity index (χ1v) is 10.4. The summed E-state index contributed by atoms with van der Waals surface area (Å²) in [5.41, 5.74) is -0.164. The molecule has 0 amide bonds. The molecule has 0 aliphatic carbocycles. The molecule has 0 saturated heterocycles. The van der Waals surface area contributed by atoms with Crippen molar-refractivity contribution in [1.82, 2.24) is 15.0 Å². The lowest BCUT2D eigenvalue weighted by molar-refractivity contribution is -0.137. The summed E-state index contributed by atoms with van der Waals surface area (Å²) in [5.74, 6) is -0.551. The Hall–Kier alpha value is -3.47. The van der Waals surface area contributed by atoms with Gasteiger partial charge in [0.2, 0.25) is 0 Å². The van der Waals surface area contributed by atoms with Crippen LogP contribution in [0.15, 0.2) is 54.9 Å². The van der Waals surface area contributed by atoms with Crippen molar-refractivity contribution in [3.05, 3.63) is 60.4 Å². The maximum atomic E-state index is 12.9. The maximum Gasteiger partial charge on any atom is 0.416 e. The van der Waals surface area contributed by atoms with E-state index in [0.29, 0.717) is 24.5 Å². The number of alkyl halides is 3. The van der Waals surface area contributed by atoms with Gasteiger partial charge in [-0.1, -0.05) is 23.5 Å². The lowest BCUT2D eigenvalue weighted by Crippen LogP contribution is -2.17. The van der Waals surface area contributed by atoms with E-state index in [1.165, 1.54) is 11.3 Å². The molecule has 0 unspecified atom stereocenters. The number of rotatable bonds is 9. The third-order valence-electron chi connectivity index (χ3n) is 4.29. The summed E-state index contributed by atoms with van der Waals surface area (Å²) in [6, 6.07) is 7.02. The number of carbonyl (C=O) groups is 1. The summed E-state index contributed by atoms with van der Waals surface area (Å²) in [7, 11) is 1.90. The van der Waals surface area contributed by atoms with Crippen LogP contribution < -0.4 is 10.2 Å². The Kier molecular flexibility index (Phi) is 7.41. The Labute approximate surface area is 186 Å². The molecule has 0 fully saturated rings. The monoisotopic (exact) mass is 463 g/mol. The van der Waals surface area contributed by atoms with E-state index in [-0.39, 0.29) is 5.82 Å². The number of halogens is 3. The SMILES string of the molecule is CN(CCC/C=C/C(=O)O)c1ncc(-c2cccc(Nc3cc(C(F)(F)F)ccn3)n2)s1. The highest BCUT2D eigenvalue weighted by Gasteiger charge is 2.30. The summed E-state index contributed by atoms with van der Waals surface area (Å²) in [6.45, 7) is 0.702. The summed E-state index contributed by atoms with van der Waals surface area (Å²) in [6.07, 6.45) is 2.50. The number of carboxylic acids is 1. The van der Waals surface area contributed by atoms with Gasteiger partial charge in [-0.15, -0.1) is 0 Å². The molecule has 0 spiro atoms. The smallest absolute Gasteiger partial charge is 0.416 e. The van der Waals surface area contributed by atoms with Gasteiger partial charge in [-0.3, -0.25) is 0 Å². The minimum Gasteiger partial charge on any atom is -0.478 e. The van der Waals surface area contributed by atoms with Crippen LogP contribution in [0.3, 0.4) is 0 Å². The number of thiazole rings is 1. The van der Waals surface area contributed by atoms with E-state index in [4.69, 9.17) is 5.11 Å². The topological polar surface area (TPSA) is 91.2 Å². The second-order valence-electron chi connectivity index (χ2n) is 6.77. The molecule has 3 heterocycles. The molecule has 0 bridgehead atoms. The molecular formula is C21H20F3N5O2S. The molecule has 0 aliphatic rings. The molecule has 3 rings (SSSR count). The summed E-state index contributed by atoms with van der Waals surface area (Å²) in [4.78, 5) is 26.0. The van der Waals surface area contributed by atoms with E-state index in [2.05, 4.69) is 20.3 Å².